The molecule has 3 aliphatic rings. The van der Waals surface area contributed by atoms with E-state index < -0.39 is 29.9 Å². The molecule has 6 rings (SSSR count). The highest BCUT2D eigenvalue weighted by atomic mass is 16.6. The maximum absolute atomic E-state index is 14.0. The molecule has 12 heteroatoms. The fraction of sp³-hybridized carbons (Fsp3) is 0.564. The van der Waals surface area contributed by atoms with E-state index in [0.717, 1.165) is 44.1 Å². The van der Waals surface area contributed by atoms with Crippen LogP contribution in [-0.4, -0.2) is 78.1 Å². The molecule has 12 nitrogen and oxygen atoms in total. The maximum atomic E-state index is 14.0. The Bertz CT molecular complexity index is 1600. The van der Waals surface area contributed by atoms with Crippen LogP contribution in [0.25, 0.3) is 11.1 Å². The molecule has 2 aromatic carbocycles. The highest BCUT2D eigenvalue weighted by Gasteiger charge is 2.42. The summed E-state index contributed by atoms with van der Waals surface area (Å²) < 4.78 is 17.7. The van der Waals surface area contributed by atoms with Gasteiger partial charge in [0.1, 0.15) is 11.6 Å². The van der Waals surface area contributed by atoms with Crippen LogP contribution in [0, 0.1) is 11.8 Å². The lowest BCUT2D eigenvalue weighted by atomic mass is 9.90. The van der Waals surface area contributed by atoms with E-state index in [1.165, 1.54) is 19.3 Å². The largest absolute Gasteiger partial charge is 0.446 e. The second kappa shape index (κ2) is 17.8. The second-order valence-electron chi connectivity index (χ2n) is 14.3. The van der Waals surface area contributed by atoms with Crippen LogP contribution in [-0.2, 0) is 25.5 Å². The van der Waals surface area contributed by atoms with Gasteiger partial charge in [0, 0.05) is 25.4 Å². The quantitative estimate of drug-likeness (QED) is 0.132. The van der Waals surface area contributed by atoms with Gasteiger partial charge in [-0.1, -0.05) is 43.5 Å². The van der Waals surface area contributed by atoms with E-state index in [1.54, 1.807) is 29.2 Å². The van der Waals surface area contributed by atoms with Crippen LogP contribution in [0.4, 0.5) is 10.5 Å². The van der Waals surface area contributed by atoms with Crippen molar-refractivity contribution in [1.29, 1.82) is 0 Å². The zero-order chi connectivity index (χ0) is 35.6. The minimum atomic E-state index is -0.858. The lowest BCUT2D eigenvalue weighted by molar-refractivity contribution is -0.130. The molecule has 0 bridgehead atoms. The zero-order valence-corrected chi connectivity index (χ0v) is 29.4. The molecule has 2 saturated carbocycles. The third kappa shape index (κ3) is 9.94. The van der Waals surface area contributed by atoms with Crippen LogP contribution in [0.15, 0.2) is 52.9 Å². The maximum Gasteiger partial charge on any atom is 0.411 e. The molecule has 51 heavy (non-hydrogen) atoms. The molecule has 3 amide bonds. The topological polar surface area (TPSA) is 166 Å². The number of hydrogen-bond acceptors (Lipinski definition) is 9. The van der Waals surface area contributed by atoms with E-state index >= 15 is 0 Å². The summed E-state index contributed by atoms with van der Waals surface area (Å²) in [4.78, 5) is 59.7. The fourth-order valence-corrected chi connectivity index (χ4v) is 7.48. The summed E-state index contributed by atoms with van der Waals surface area (Å²) in [5, 5.41) is 5.76. The van der Waals surface area contributed by atoms with Crippen molar-refractivity contribution in [3.05, 3.63) is 60.0 Å². The molecule has 3 fully saturated rings. The minimum absolute atomic E-state index is 0.0279. The van der Waals surface area contributed by atoms with Crippen molar-refractivity contribution in [3.63, 3.8) is 0 Å². The number of carbonyl (C=O) groups excluding carboxylic acids is 4. The number of ether oxygens (including phenoxy) is 2. The molecular formula is C39H51N5O7. The van der Waals surface area contributed by atoms with E-state index in [-0.39, 0.29) is 43.3 Å². The van der Waals surface area contributed by atoms with Crippen LogP contribution < -0.4 is 16.4 Å². The van der Waals surface area contributed by atoms with Gasteiger partial charge in [-0.25, -0.2) is 9.78 Å². The molecule has 0 unspecified atom stereocenters. The van der Waals surface area contributed by atoms with Crippen molar-refractivity contribution in [1.82, 2.24) is 15.2 Å². The second-order valence-corrected chi connectivity index (χ2v) is 14.3. The van der Waals surface area contributed by atoms with Gasteiger partial charge in [-0.3, -0.25) is 19.7 Å². The number of amides is 3. The number of Topliss-reactive ketones (excluding diaryl/α,β-unsaturated/α-hetero) is 1. The van der Waals surface area contributed by atoms with Crippen molar-refractivity contribution >= 4 is 40.5 Å². The average molecular weight is 702 g/mol. The predicted molar refractivity (Wildman–Crippen MR) is 192 cm³/mol. The van der Waals surface area contributed by atoms with Crippen molar-refractivity contribution < 1.29 is 33.1 Å². The molecule has 3 atom stereocenters. The van der Waals surface area contributed by atoms with Gasteiger partial charge in [0.05, 0.1) is 24.5 Å². The Morgan fingerprint density at radius 3 is 2.41 bits per heavy atom. The number of rotatable bonds is 15. The number of hydrogen-bond donors (Lipinski definition) is 3. The SMILES string of the molecule is NCCCC[C@H](NC(=O)[C@H]1CN(C(=O)Cc2ccc(NC(=O)OC3CCCC3)cc2)C[C@@H]1OCC1CCCCC1)C(=O)c1nc2ccccc2o1. The van der Waals surface area contributed by atoms with Crippen LogP contribution in [0.3, 0.4) is 0 Å². The van der Waals surface area contributed by atoms with Gasteiger partial charge in [0.2, 0.25) is 17.6 Å². The van der Waals surface area contributed by atoms with Gasteiger partial charge >= 0.3 is 6.09 Å². The van der Waals surface area contributed by atoms with E-state index in [9.17, 15) is 19.2 Å². The Hall–Kier alpha value is -4.29. The molecule has 0 spiro atoms. The molecule has 0 radical (unpaired) electrons. The highest BCUT2D eigenvalue weighted by Crippen LogP contribution is 2.28. The first kappa shape index (κ1) is 36.5. The van der Waals surface area contributed by atoms with Gasteiger partial charge in [-0.05, 0) is 100 Å². The number of anilines is 1. The molecule has 1 saturated heterocycles. The summed E-state index contributed by atoms with van der Waals surface area (Å²) >= 11 is 0. The average Bonchev–Trinajstić information content (AvgIpc) is 3.92. The fourth-order valence-electron chi connectivity index (χ4n) is 7.48. The minimum Gasteiger partial charge on any atom is -0.446 e. The summed E-state index contributed by atoms with van der Waals surface area (Å²) in [7, 11) is 0. The molecule has 2 heterocycles. The third-order valence-corrected chi connectivity index (χ3v) is 10.4. The normalized spacial score (nSPS) is 20.4. The number of para-hydroxylation sites is 2. The lowest BCUT2D eigenvalue weighted by Gasteiger charge is -2.26. The Morgan fingerprint density at radius 1 is 0.922 bits per heavy atom. The monoisotopic (exact) mass is 701 g/mol. The Labute approximate surface area is 299 Å². The molecule has 3 aromatic rings. The van der Waals surface area contributed by atoms with E-state index in [1.807, 2.05) is 24.3 Å². The van der Waals surface area contributed by atoms with E-state index in [0.29, 0.717) is 55.1 Å². The van der Waals surface area contributed by atoms with Crippen LogP contribution in [0.1, 0.15) is 93.3 Å². The number of nitrogens with zero attached hydrogens (tertiary/aromatic N) is 2. The number of nitrogens with two attached hydrogens (primary N) is 1. The Kier molecular flexibility index (Phi) is 12.7. The van der Waals surface area contributed by atoms with Gasteiger partial charge in [0.15, 0.2) is 5.58 Å². The number of fused-ring (bicyclic) bond motifs is 1. The highest BCUT2D eigenvalue weighted by molar-refractivity contribution is 6.00. The van der Waals surface area contributed by atoms with Crippen LogP contribution >= 0.6 is 0 Å². The van der Waals surface area contributed by atoms with Crippen molar-refractivity contribution in [2.24, 2.45) is 17.6 Å². The molecule has 1 aliphatic heterocycles. The molecular weight excluding hydrogens is 650 g/mol. The summed E-state index contributed by atoms with van der Waals surface area (Å²) in [6, 6.07) is 13.4. The Morgan fingerprint density at radius 2 is 1.67 bits per heavy atom. The number of oxazole rings is 1. The standard InChI is InChI=1S/C39H51N5O7/c40-21-9-8-15-32(36(46)38-43-31-14-6-7-16-33(31)51-38)42-37(47)30-23-44(24-34(30)49-25-27-10-2-1-3-11-27)35(45)22-26-17-19-28(20-18-26)41-39(48)50-29-12-4-5-13-29/h6-7,14,16-20,27,29-30,32,34H,1-5,8-13,15,21-25,40H2,(H,41,48)(H,42,47)/t30-,32-,34-/m0/s1. The summed E-state index contributed by atoms with van der Waals surface area (Å²) in [5.74, 6) is -1.12. The zero-order valence-electron chi connectivity index (χ0n) is 29.4. The van der Waals surface area contributed by atoms with Gasteiger partial charge in [0.25, 0.3) is 5.89 Å². The van der Waals surface area contributed by atoms with Crippen LogP contribution in [0.2, 0.25) is 0 Å². The number of aromatic nitrogens is 1. The first-order valence-electron chi connectivity index (χ1n) is 18.7. The van der Waals surface area contributed by atoms with Crippen LogP contribution in [0.5, 0.6) is 0 Å². The van der Waals surface area contributed by atoms with Crippen molar-refractivity contribution in [3.8, 4) is 0 Å². The summed E-state index contributed by atoms with van der Waals surface area (Å²) in [6.45, 7) is 1.48. The summed E-state index contributed by atoms with van der Waals surface area (Å²) in [5.41, 5.74) is 8.19. The number of likely N-dealkylation sites (tertiary alicyclic amines) is 1. The number of nitrogens with one attached hydrogen (secondary N) is 2. The van der Waals surface area contributed by atoms with Gasteiger partial charge < -0.3 is 29.8 Å². The molecule has 274 valence electrons. The molecule has 1 aromatic heterocycles. The number of carbonyl (C=O) groups is 4. The molecule has 4 N–H and O–H groups in total. The van der Waals surface area contributed by atoms with Crippen molar-refractivity contribution in [2.75, 3.05) is 31.6 Å². The Balaban J connectivity index is 1.10. The van der Waals surface area contributed by atoms with E-state index in [4.69, 9.17) is 19.6 Å². The first-order chi connectivity index (χ1) is 24.9. The van der Waals surface area contributed by atoms with Crippen molar-refractivity contribution in [2.45, 2.75) is 102 Å². The first-order valence-corrected chi connectivity index (χ1v) is 18.7. The molecule has 2 aliphatic carbocycles. The van der Waals surface area contributed by atoms with Gasteiger partial charge in [-0.2, -0.15) is 0 Å². The number of ketones is 1. The smallest absolute Gasteiger partial charge is 0.411 e. The number of unbranched alkanes of at least 4 members (excludes halogenated alkanes) is 1. The van der Waals surface area contributed by atoms with E-state index in [2.05, 4.69) is 15.6 Å². The summed E-state index contributed by atoms with van der Waals surface area (Å²) in [6.07, 6.45) is 10.6. The lowest BCUT2D eigenvalue weighted by Crippen LogP contribution is -2.47. The third-order valence-electron chi connectivity index (χ3n) is 10.4. The number of benzene rings is 2. The van der Waals surface area contributed by atoms with Gasteiger partial charge in [-0.15, -0.1) is 0 Å². The predicted octanol–water partition coefficient (Wildman–Crippen LogP) is 5.78.